The number of hydrogen-bond acceptors (Lipinski definition) is 4. The van der Waals surface area contributed by atoms with Crippen molar-refractivity contribution in [2.75, 3.05) is 5.73 Å². The molecular weight excluding hydrogens is 203 g/mol. The van der Waals surface area contributed by atoms with E-state index in [9.17, 15) is 0 Å². The van der Waals surface area contributed by atoms with E-state index in [0.29, 0.717) is 5.82 Å². The Morgan fingerprint density at radius 1 is 1.19 bits per heavy atom. The number of nitrogen functional groups attached to an aromatic ring is 1. The normalized spacial score (nSPS) is 22.4. The molecule has 1 saturated heterocycles. The highest BCUT2D eigenvalue weighted by Crippen LogP contribution is 2.36. The molecule has 16 heavy (non-hydrogen) atoms. The molecule has 86 valence electrons. The highest BCUT2D eigenvalue weighted by Gasteiger charge is 2.52. The van der Waals surface area contributed by atoms with Crippen LogP contribution in [0.2, 0.25) is 0 Å². The SMILES string of the molecule is CC1(C)OB(c2cccnc2N)OC1(C)C. The standard InChI is InChI=1S/C11H17BN2O2/c1-10(2)11(3,4)16-12(15-10)8-6-5-7-14-9(8)13/h5-7H,1-4H3,(H2,13,14). The van der Waals surface area contributed by atoms with Crippen molar-refractivity contribution >= 4 is 18.4 Å². The Morgan fingerprint density at radius 2 is 1.75 bits per heavy atom. The lowest BCUT2D eigenvalue weighted by Crippen LogP contribution is -2.41. The maximum atomic E-state index is 5.89. The molecule has 2 heterocycles. The van der Waals surface area contributed by atoms with Gasteiger partial charge in [-0.2, -0.15) is 0 Å². The van der Waals surface area contributed by atoms with Gasteiger partial charge in [-0.3, -0.25) is 0 Å². The molecule has 1 fully saturated rings. The summed E-state index contributed by atoms with van der Waals surface area (Å²) < 4.78 is 11.8. The van der Waals surface area contributed by atoms with Gasteiger partial charge in [-0.1, -0.05) is 6.07 Å². The van der Waals surface area contributed by atoms with Crippen LogP contribution in [0.3, 0.4) is 0 Å². The molecule has 0 unspecified atom stereocenters. The molecule has 0 spiro atoms. The van der Waals surface area contributed by atoms with Crippen LogP contribution in [0.25, 0.3) is 0 Å². The molecule has 0 radical (unpaired) electrons. The van der Waals surface area contributed by atoms with E-state index in [1.165, 1.54) is 0 Å². The minimum absolute atomic E-state index is 0.347. The van der Waals surface area contributed by atoms with E-state index >= 15 is 0 Å². The second-order valence-corrected chi connectivity index (χ2v) is 5.07. The van der Waals surface area contributed by atoms with Gasteiger partial charge < -0.3 is 15.0 Å². The lowest BCUT2D eigenvalue weighted by molar-refractivity contribution is 0.00578. The highest BCUT2D eigenvalue weighted by atomic mass is 16.7. The number of hydrogen-bond donors (Lipinski definition) is 1. The number of pyridine rings is 1. The molecule has 0 saturated carbocycles. The first-order valence-corrected chi connectivity index (χ1v) is 5.39. The predicted octanol–water partition coefficient (Wildman–Crippen LogP) is 0.963. The summed E-state index contributed by atoms with van der Waals surface area (Å²) in [4.78, 5) is 4.04. The van der Waals surface area contributed by atoms with Crippen LogP contribution in [0.15, 0.2) is 18.3 Å². The summed E-state index contributed by atoms with van der Waals surface area (Å²) >= 11 is 0. The van der Waals surface area contributed by atoms with Crippen molar-refractivity contribution < 1.29 is 9.31 Å². The molecule has 2 N–H and O–H groups in total. The van der Waals surface area contributed by atoms with Crippen LogP contribution in [-0.4, -0.2) is 23.3 Å². The topological polar surface area (TPSA) is 57.4 Å². The van der Waals surface area contributed by atoms with Gasteiger partial charge in [-0.05, 0) is 33.8 Å². The van der Waals surface area contributed by atoms with Crippen LogP contribution in [0, 0.1) is 0 Å². The second kappa shape index (κ2) is 3.47. The zero-order valence-corrected chi connectivity index (χ0v) is 10.2. The molecule has 1 aliphatic heterocycles. The Hall–Kier alpha value is -1.07. The lowest BCUT2D eigenvalue weighted by Gasteiger charge is -2.32. The summed E-state index contributed by atoms with van der Waals surface area (Å²) in [6.45, 7) is 8.05. The van der Waals surface area contributed by atoms with Crippen LogP contribution in [0.5, 0.6) is 0 Å². The van der Waals surface area contributed by atoms with Crippen molar-refractivity contribution in [1.82, 2.24) is 4.98 Å². The Bertz CT molecular complexity index is 391. The number of nitrogens with two attached hydrogens (primary N) is 1. The Kier molecular flexibility index (Phi) is 2.47. The molecular formula is C11H17BN2O2. The van der Waals surface area contributed by atoms with Gasteiger partial charge >= 0.3 is 7.12 Å². The fourth-order valence-electron chi connectivity index (χ4n) is 1.60. The Balaban J connectivity index is 2.31. The average Bonchev–Trinajstić information content (AvgIpc) is 2.36. The van der Waals surface area contributed by atoms with E-state index < -0.39 is 7.12 Å². The molecule has 4 nitrogen and oxygen atoms in total. The first kappa shape index (κ1) is 11.4. The summed E-state index contributed by atoms with van der Waals surface area (Å²) in [7, 11) is -0.432. The van der Waals surface area contributed by atoms with Crippen molar-refractivity contribution in [2.45, 2.75) is 38.9 Å². The van der Waals surface area contributed by atoms with E-state index in [2.05, 4.69) is 4.98 Å². The molecule has 1 aliphatic rings. The van der Waals surface area contributed by atoms with Crippen molar-refractivity contribution in [3.05, 3.63) is 18.3 Å². The molecule has 0 aliphatic carbocycles. The molecule has 1 aromatic heterocycles. The van der Waals surface area contributed by atoms with Crippen molar-refractivity contribution in [3.8, 4) is 0 Å². The summed E-state index contributed by atoms with van der Waals surface area (Å²) in [5.74, 6) is 0.459. The van der Waals surface area contributed by atoms with Gasteiger partial charge in [-0.15, -0.1) is 0 Å². The summed E-state index contributed by atoms with van der Waals surface area (Å²) in [6, 6.07) is 3.71. The quantitative estimate of drug-likeness (QED) is 0.716. The van der Waals surface area contributed by atoms with Gasteiger partial charge in [0.2, 0.25) is 0 Å². The van der Waals surface area contributed by atoms with Gasteiger partial charge in [-0.25, -0.2) is 4.98 Å². The fraction of sp³-hybridized carbons (Fsp3) is 0.545. The van der Waals surface area contributed by atoms with Gasteiger partial charge in [0.15, 0.2) is 0 Å². The fourth-order valence-corrected chi connectivity index (χ4v) is 1.60. The van der Waals surface area contributed by atoms with Crippen molar-refractivity contribution in [2.24, 2.45) is 0 Å². The van der Waals surface area contributed by atoms with Crippen LogP contribution in [0.1, 0.15) is 27.7 Å². The number of nitrogens with zero attached hydrogens (tertiary/aromatic N) is 1. The third-order valence-electron chi connectivity index (χ3n) is 3.38. The van der Waals surface area contributed by atoms with Gasteiger partial charge in [0, 0.05) is 11.7 Å². The molecule has 0 amide bonds. The van der Waals surface area contributed by atoms with Gasteiger partial charge in [0.1, 0.15) is 5.82 Å². The molecule has 5 heteroatoms. The maximum absolute atomic E-state index is 5.89. The van der Waals surface area contributed by atoms with Crippen LogP contribution in [-0.2, 0) is 9.31 Å². The Labute approximate surface area is 96.3 Å². The van der Waals surface area contributed by atoms with Crippen LogP contribution >= 0.6 is 0 Å². The predicted molar refractivity (Wildman–Crippen MR) is 64.4 cm³/mol. The van der Waals surface area contributed by atoms with Gasteiger partial charge in [0.05, 0.1) is 11.2 Å². The van der Waals surface area contributed by atoms with E-state index in [1.807, 2.05) is 39.8 Å². The minimum atomic E-state index is -0.432. The zero-order chi connectivity index (χ0) is 12.0. The third kappa shape index (κ3) is 1.70. The highest BCUT2D eigenvalue weighted by molar-refractivity contribution is 6.63. The molecule has 1 aromatic rings. The molecule has 0 atom stereocenters. The first-order valence-electron chi connectivity index (χ1n) is 5.39. The number of aromatic nitrogens is 1. The Morgan fingerprint density at radius 3 is 2.25 bits per heavy atom. The van der Waals surface area contributed by atoms with Crippen LogP contribution in [0.4, 0.5) is 5.82 Å². The van der Waals surface area contributed by atoms with Crippen LogP contribution < -0.4 is 11.2 Å². The first-order chi connectivity index (χ1) is 7.33. The van der Waals surface area contributed by atoms with Gasteiger partial charge in [0.25, 0.3) is 0 Å². The average molecular weight is 220 g/mol. The smallest absolute Gasteiger partial charge is 0.399 e. The van der Waals surface area contributed by atoms with E-state index in [4.69, 9.17) is 15.0 Å². The molecule has 0 bridgehead atoms. The zero-order valence-electron chi connectivity index (χ0n) is 10.2. The maximum Gasteiger partial charge on any atom is 0.498 e. The molecule has 0 aromatic carbocycles. The lowest BCUT2D eigenvalue weighted by atomic mass is 9.79. The monoisotopic (exact) mass is 220 g/mol. The summed E-state index contributed by atoms with van der Waals surface area (Å²) in [5.41, 5.74) is 5.90. The van der Waals surface area contributed by atoms with E-state index in [1.54, 1.807) is 6.20 Å². The third-order valence-corrected chi connectivity index (χ3v) is 3.38. The number of rotatable bonds is 1. The molecule has 2 rings (SSSR count). The summed E-state index contributed by atoms with van der Waals surface area (Å²) in [5, 5.41) is 0. The largest absolute Gasteiger partial charge is 0.498 e. The second-order valence-electron chi connectivity index (χ2n) is 5.07. The van der Waals surface area contributed by atoms with Crippen molar-refractivity contribution in [1.29, 1.82) is 0 Å². The minimum Gasteiger partial charge on any atom is -0.399 e. The summed E-state index contributed by atoms with van der Waals surface area (Å²) in [6.07, 6.45) is 1.66. The van der Waals surface area contributed by atoms with Crippen molar-refractivity contribution in [3.63, 3.8) is 0 Å². The number of anilines is 1. The van der Waals surface area contributed by atoms with E-state index in [-0.39, 0.29) is 11.2 Å². The van der Waals surface area contributed by atoms with E-state index in [0.717, 1.165) is 5.46 Å².